The molecule has 0 amide bonds. The van der Waals surface area contributed by atoms with Gasteiger partial charge in [-0.05, 0) is 52.3 Å². The fraction of sp³-hybridized carbons (Fsp3) is 0.533. The molecule has 106 valence electrons. The first kappa shape index (κ1) is 16.2. The van der Waals surface area contributed by atoms with E-state index in [1.807, 2.05) is 58.9 Å². The van der Waals surface area contributed by atoms with E-state index in [0.717, 1.165) is 10.0 Å². The van der Waals surface area contributed by atoms with Gasteiger partial charge in [-0.15, -0.1) is 0 Å². The minimum atomic E-state index is -0.452. The number of hydrogen-bond donors (Lipinski definition) is 1. The number of carbonyl (C=O) groups is 1. The van der Waals surface area contributed by atoms with Crippen molar-refractivity contribution in [1.29, 1.82) is 0 Å². The second kappa shape index (κ2) is 6.53. The highest BCUT2D eigenvalue weighted by Crippen LogP contribution is 2.18. The molecule has 0 saturated heterocycles. The standard InChI is InChI=1S/C15H22BrNO2/c1-10(12-7-6-8-13(16)9-12)17-11(2)14(18)19-15(3,4)5/h6-11,17H,1-5H3. The van der Waals surface area contributed by atoms with Crippen LogP contribution in [0, 0.1) is 0 Å². The summed E-state index contributed by atoms with van der Waals surface area (Å²) < 4.78 is 6.38. The van der Waals surface area contributed by atoms with Gasteiger partial charge in [0.1, 0.15) is 11.6 Å². The number of carbonyl (C=O) groups excluding carboxylic acids is 1. The summed E-state index contributed by atoms with van der Waals surface area (Å²) in [6.07, 6.45) is 0. The molecule has 19 heavy (non-hydrogen) atoms. The van der Waals surface area contributed by atoms with Crippen molar-refractivity contribution in [3.63, 3.8) is 0 Å². The highest BCUT2D eigenvalue weighted by Gasteiger charge is 2.22. The summed E-state index contributed by atoms with van der Waals surface area (Å²) in [7, 11) is 0. The average Bonchev–Trinajstić information content (AvgIpc) is 2.26. The molecule has 0 aliphatic heterocycles. The number of hydrogen-bond acceptors (Lipinski definition) is 3. The maximum absolute atomic E-state index is 11.9. The van der Waals surface area contributed by atoms with Gasteiger partial charge >= 0.3 is 5.97 Å². The van der Waals surface area contributed by atoms with Gasteiger partial charge in [-0.1, -0.05) is 28.1 Å². The van der Waals surface area contributed by atoms with Crippen molar-refractivity contribution in [2.45, 2.75) is 52.3 Å². The van der Waals surface area contributed by atoms with Gasteiger partial charge in [0.25, 0.3) is 0 Å². The van der Waals surface area contributed by atoms with Crippen molar-refractivity contribution >= 4 is 21.9 Å². The molecule has 0 radical (unpaired) electrons. The quantitative estimate of drug-likeness (QED) is 0.854. The molecule has 1 aromatic carbocycles. The summed E-state index contributed by atoms with van der Waals surface area (Å²) in [4.78, 5) is 11.9. The topological polar surface area (TPSA) is 38.3 Å². The molecule has 0 heterocycles. The second-order valence-electron chi connectivity index (χ2n) is 5.70. The molecule has 1 aromatic rings. The van der Waals surface area contributed by atoms with Crippen LogP contribution in [-0.2, 0) is 9.53 Å². The molecule has 1 N–H and O–H groups in total. The molecule has 0 bridgehead atoms. The minimum absolute atomic E-state index is 0.0834. The first-order valence-electron chi connectivity index (χ1n) is 6.43. The lowest BCUT2D eigenvalue weighted by atomic mass is 10.1. The Bertz CT molecular complexity index is 440. The molecule has 0 aliphatic rings. The Labute approximate surface area is 123 Å². The van der Waals surface area contributed by atoms with Gasteiger partial charge in [0.2, 0.25) is 0 Å². The molecule has 4 heteroatoms. The fourth-order valence-corrected chi connectivity index (χ4v) is 2.12. The Kier molecular flexibility index (Phi) is 5.56. The zero-order chi connectivity index (χ0) is 14.6. The summed E-state index contributed by atoms with van der Waals surface area (Å²) in [5.41, 5.74) is 0.677. The maximum Gasteiger partial charge on any atom is 0.323 e. The largest absolute Gasteiger partial charge is 0.459 e. The number of benzene rings is 1. The third kappa shape index (κ3) is 5.74. The number of halogens is 1. The minimum Gasteiger partial charge on any atom is -0.459 e. The Hall–Kier alpha value is -0.870. The summed E-state index contributed by atoms with van der Waals surface area (Å²) >= 11 is 3.45. The summed E-state index contributed by atoms with van der Waals surface area (Å²) in [5.74, 6) is -0.227. The van der Waals surface area contributed by atoms with E-state index in [2.05, 4.69) is 21.2 Å². The SMILES string of the molecule is CC(NC(C)c1cccc(Br)c1)C(=O)OC(C)(C)C. The first-order valence-corrected chi connectivity index (χ1v) is 7.23. The van der Waals surface area contributed by atoms with Crippen LogP contribution in [0.15, 0.2) is 28.7 Å². The van der Waals surface area contributed by atoms with E-state index in [9.17, 15) is 4.79 Å². The third-order valence-corrected chi connectivity index (χ3v) is 3.10. The molecule has 3 nitrogen and oxygen atoms in total. The lowest BCUT2D eigenvalue weighted by molar-refractivity contribution is -0.157. The monoisotopic (exact) mass is 327 g/mol. The maximum atomic E-state index is 11.9. The van der Waals surface area contributed by atoms with Gasteiger partial charge in [0.05, 0.1) is 0 Å². The van der Waals surface area contributed by atoms with Crippen LogP contribution in [-0.4, -0.2) is 17.6 Å². The molecule has 0 spiro atoms. The number of ether oxygens (including phenoxy) is 1. The van der Waals surface area contributed by atoms with Crippen LogP contribution in [0.2, 0.25) is 0 Å². The van der Waals surface area contributed by atoms with Crippen LogP contribution in [0.25, 0.3) is 0 Å². The molecule has 0 aromatic heterocycles. The van der Waals surface area contributed by atoms with Crippen LogP contribution in [0.3, 0.4) is 0 Å². The predicted molar refractivity (Wildman–Crippen MR) is 81.0 cm³/mol. The Balaban J connectivity index is 2.61. The van der Waals surface area contributed by atoms with E-state index in [1.54, 1.807) is 0 Å². The van der Waals surface area contributed by atoms with Crippen LogP contribution in [0.1, 0.15) is 46.2 Å². The van der Waals surface area contributed by atoms with Crippen molar-refractivity contribution in [2.75, 3.05) is 0 Å². The number of rotatable bonds is 4. The Morgan fingerprint density at radius 2 is 1.95 bits per heavy atom. The molecular formula is C15H22BrNO2. The molecular weight excluding hydrogens is 306 g/mol. The highest BCUT2D eigenvalue weighted by atomic mass is 79.9. The van der Waals surface area contributed by atoms with Gasteiger partial charge in [-0.3, -0.25) is 10.1 Å². The van der Waals surface area contributed by atoms with Crippen LogP contribution in [0.5, 0.6) is 0 Å². The lowest BCUT2D eigenvalue weighted by Gasteiger charge is -2.25. The number of nitrogens with one attached hydrogen (secondary N) is 1. The van der Waals surface area contributed by atoms with Gasteiger partial charge in [0, 0.05) is 10.5 Å². The molecule has 2 unspecified atom stereocenters. The zero-order valence-electron chi connectivity index (χ0n) is 12.2. The molecule has 1 rings (SSSR count). The van der Waals surface area contributed by atoms with Gasteiger partial charge in [-0.25, -0.2) is 0 Å². The Morgan fingerprint density at radius 1 is 1.32 bits per heavy atom. The smallest absolute Gasteiger partial charge is 0.323 e. The lowest BCUT2D eigenvalue weighted by Crippen LogP contribution is -2.40. The highest BCUT2D eigenvalue weighted by molar-refractivity contribution is 9.10. The van der Waals surface area contributed by atoms with E-state index in [-0.39, 0.29) is 18.1 Å². The van der Waals surface area contributed by atoms with E-state index in [4.69, 9.17) is 4.74 Å². The van der Waals surface area contributed by atoms with Crippen LogP contribution < -0.4 is 5.32 Å². The number of esters is 1. The van der Waals surface area contributed by atoms with E-state index in [1.165, 1.54) is 0 Å². The second-order valence-corrected chi connectivity index (χ2v) is 6.61. The predicted octanol–water partition coefficient (Wildman–Crippen LogP) is 3.83. The fourth-order valence-electron chi connectivity index (χ4n) is 1.71. The zero-order valence-corrected chi connectivity index (χ0v) is 13.7. The van der Waals surface area contributed by atoms with Crippen molar-refractivity contribution in [3.8, 4) is 0 Å². The van der Waals surface area contributed by atoms with Crippen LogP contribution >= 0.6 is 15.9 Å². The average molecular weight is 328 g/mol. The third-order valence-electron chi connectivity index (χ3n) is 2.61. The van der Waals surface area contributed by atoms with E-state index >= 15 is 0 Å². The molecule has 2 atom stereocenters. The molecule has 0 saturated carbocycles. The summed E-state index contributed by atoms with van der Waals surface area (Å²) in [6.45, 7) is 9.46. The molecule has 0 fully saturated rings. The summed E-state index contributed by atoms with van der Waals surface area (Å²) in [6, 6.07) is 7.78. The van der Waals surface area contributed by atoms with E-state index < -0.39 is 5.60 Å². The van der Waals surface area contributed by atoms with Crippen LogP contribution in [0.4, 0.5) is 0 Å². The Morgan fingerprint density at radius 3 is 2.47 bits per heavy atom. The summed E-state index contributed by atoms with van der Waals surface area (Å²) in [5, 5.41) is 3.25. The first-order chi connectivity index (χ1) is 8.69. The van der Waals surface area contributed by atoms with E-state index in [0.29, 0.717) is 0 Å². The normalized spacial score (nSPS) is 14.8. The van der Waals surface area contributed by atoms with Gasteiger partial charge in [0.15, 0.2) is 0 Å². The van der Waals surface area contributed by atoms with Gasteiger partial charge < -0.3 is 4.74 Å². The van der Waals surface area contributed by atoms with Crippen molar-refractivity contribution < 1.29 is 9.53 Å². The van der Waals surface area contributed by atoms with Gasteiger partial charge in [-0.2, -0.15) is 0 Å². The van der Waals surface area contributed by atoms with Crippen molar-refractivity contribution in [2.24, 2.45) is 0 Å². The van der Waals surface area contributed by atoms with Crippen molar-refractivity contribution in [1.82, 2.24) is 5.32 Å². The van der Waals surface area contributed by atoms with Crippen molar-refractivity contribution in [3.05, 3.63) is 34.3 Å². The molecule has 0 aliphatic carbocycles.